The number of amides is 1. The quantitative estimate of drug-likeness (QED) is 0.785. The molecule has 0 spiro atoms. The first-order valence-corrected chi connectivity index (χ1v) is 7.38. The van der Waals surface area contributed by atoms with Gasteiger partial charge in [0, 0.05) is 25.2 Å². The Morgan fingerprint density at radius 1 is 1.35 bits per heavy atom. The summed E-state index contributed by atoms with van der Waals surface area (Å²) in [5.41, 5.74) is 5.24. The maximum atomic E-state index is 12.1. The minimum atomic E-state index is -3.69. The second kappa shape index (κ2) is 8.43. The SMILES string of the molecule is CN(CC(=O)NCCN)S(=O)(=O)c1ccc(Cl)cc1.Cl. The number of hydrogen-bond acceptors (Lipinski definition) is 4. The molecule has 20 heavy (non-hydrogen) atoms. The summed E-state index contributed by atoms with van der Waals surface area (Å²) in [6.07, 6.45) is 0. The van der Waals surface area contributed by atoms with Gasteiger partial charge >= 0.3 is 0 Å². The highest BCUT2D eigenvalue weighted by Gasteiger charge is 2.22. The Bertz CT molecular complexity index is 534. The van der Waals surface area contributed by atoms with Crippen LogP contribution in [0.1, 0.15) is 0 Å². The topological polar surface area (TPSA) is 92.5 Å². The summed E-state index contributed by atoms with van der Waals surface area (Å²) in [4.78, 5) is 11.5. The lowest BCUT2D eigenvalue weighted by Crippen LogP contribution is -2.39. The molecule has 0 aliphatic rings. The van der Waals surface area contributed by atoms with Crippen LogP contribution in [0.25, 0.3) is 0 Å². The van der Waals surface area contributed by atoms with Crippen molar-refractivity contribution in [2.24, 2.45) is 5.73 Å². The molecule has 0 heterocycles. The first-order chi connectivity index (χ1) is 8.87. The van der Waals surface area contributed by atoms with Crippen LogP contribution in [0.5, 0.6) is 0 Å². The average molecular weight is 342 g/mol. The van der Waals surface area contributed by atoms with Crippen molar-refractivity contribution in [1.82, 2.24) is 9.62 Å². The van der Waals surface area contributed by atoms with Gasteiger partial charge in [0.25, 0.3) is 0 Å². The molecule has 0 aliphatic carbocycles. The minimum Gasteiger partial charge on any atom is -0.354 e. The maximum Gasteiger partial charge on any atom is 0.243 e. The molecule has 0 atom stereocenters. The molecule has 9 heteroatoms. The van der Waals surface area contributed by atoms with Crippen LogP contribution in [0.4, 0.5) is 0 Å². The fourth-order valence-corrected chi connectivity index (χ4v) is 2.59. The van der Waals surface area contributed by atoms with Crippen molar-refractivity contribution < 1.29 is 13.2 Å². The van der Waals surface area contributed by atoms with E-state index in [4.69, 9.17) is 17.3 Å². The zero-order valence-corrected chi connectivity index (χ0v) is 13.3. The number of carbonyl (C=O) groups excluding carboxylic acids is 1. The maximum absolute atomic E-state index is 12.1. The highest BCUT2D eigenvalue weighted by Crippen LogP contribution is 2.17. The predicted octanol–water partition coefficient (Wildman–Crippen LogP) is 0.457. The van der Waals surface area contributed by atoms with Gasteiger partial charge in [0.05, 0.1) is 11.4 Å². The van der Waals surface area contributed by atoms with E-state index in [1.807, 2.05) is 0 Å². The van der Waals surface area contributed by atoms with Crippen LogP contribution in [0.15, 0.2) is 29.2 Å². The van der Waals surface area contributed by atoms with Gasteiger partial charge in [-0.05, 0) is 24.3 Å². The van der Waals surface area contributed by atoms with Gasteiger partial charge in [0.15, 0.2) is 0 Å². The van der Waals surface area contributed by atoms with Crippen LogP contribution >= 0.6 is 24.0 Å². The van der Waals surface area contributed by atoms with E-state index >= 15 is 0 Å². The van der Waals surface area contributed by atoms with Crippen molar-refractivity contribution in [2.75, 3.05) is 26.7 Å². The van der Waals surface area contributed by atoms with Crippen LogP contribution in [-0.2, 0) is 14.8 Å². The number of sulfonamides is 1. The Hall–Kier alpha value is -0.860. The number of halogens is 2. The van der Waals surface area contributed by atoms with Crippen molar-refractivity contribution in [2.45, 2.75) is 4.90 Å². The summed E-state index contributed by atoms with van der Waals surface area (Å²) in [6, 6.07) is 5.76. The normalized spacial score (nSPS) is 11.0. The van der Waals surface area contributed by atoms with E-state index in [1.54, 1.807) is 0 Å². The van der Waals surface area contributed by atoms with Gasteiger partial charge in [-0.1, -0.05) is 11.6 Å². The summed E-state index contributed by atoms with van der Waals surface area (Å²) in [7, 11) is -2.35. The molecule has 1 rings (SSSR count). The van der Waals surface area contributed by atoms with Crippen molar-refractivity contribution >= 4 is 39.9 Å². The zero-order valence-electron chi connectivity index (χ0n) is 10.9. The van der Waals surface area contributed by atoms with Crippen LogP contribution < -0.4 is 11.1 Å². The molecule has 0 unspecified atom stereocenters. The van der Waals surface area contributed by atoms with Gasteiger partial charge in [-0.25, -0.2) is 8.42 Å². The molecule has 0 radical (unpaired) electrons. The Balaban J connectivity index is 0.00000361. The van der Waals surface area contributed by atoms with E-state index in [0.29, 0.717) is 18.1 Å². The summed E-state index contributed by atoms with van der Waals surface area (Å²) in [5.74, 6) is -0.398. The van der Waals surface area contributed by atoms with Crippen LogP contribution in [-0.4, -0.2) is 45.3 Å². The lowest BCUT2D eigenvalue weighted by molar-refractivity contribution is -0.121. The second-order valence-electron chi connectivity index (χ2n) is 3.85. The van der Waals surface area contributed by atoms with Crippen molar-refractivity contribution in [3.05, 3.63) is 29.3 Å². The van der Waals surface area contributed by atoms with Gasteiger partial charge in [-0.2, -0.15) is 4.31 Å². The molecule has 0 aromatic heterocycles. The summed E-state index contributed by atoms with van der Waals surface area (Å²) < 4.78 is 25.2. The number of rotatable bonds is 6. The number of likely N-dealkylation sites (N-methyl/N-ethyl adjacent to an activating group) is 1. The Morgan fingerprint density at radius 2 is 1.90 bits per heavy atom. The average Bonchev–Trinajstić information content (AvgIpc) is 2.36. The van der Waals surface area contributed by atoms with Crippen LogP contribution in [0.2, 0.25) is 5.02 Å². The minimum absolute atomic E-state index is 0. The standard InChI is InChI=1S/C11H16ClN3O3S.ClH/c1-15(8-11(16)14-7-6-13)19(17,18)10-4-2-9(12)3-5-10;/h2-5H,6-8,13H2,1H3,(H,14,16);1H. The van der Waals surface area contributed by atoms with Crippen molar-refractivity contribution in [1.29, 1.82) is 0 Å². The first-order valence-electron chi connectivity index (χ1n) is 5.56. The van der Waals surface area contributed by atoms with Gasteiger partial charge in [0.2, 0.25) is 15.9 Å². The number of benzene rings is 1. The Kier molecular flexibility index (Phi) is 8.07. The molecule has 0 fully saturated rings. The fraction of sp³-hybridized carbons (Fsp3) is 0.364. The van der Waals surface area contributed by atoms with Gasteiger partial charge in [0.1, 0.15) is 0 Å². The van der Waals surface area contributed by atoms with Gasteiger partial charge < -0.3 is 11.1 Å². The molecule has 0 aliphatic heterocycles. The molecule has 1 amide bonds. The van der Waals surface area contributed by atoms with E-state index in [0.717, 1.165) is 4.31 Å². The third-order valence-corrected chi connectivity index (χ3v) is 4.42. The highest BCUT2D eigenvalue weighted by atomic mass is 35.5. The fourth-order valence-electron chi connectivity index (χ4n) is 1.34. The van der Waals surface area contributed by atoms with E-state index in [-0.39, 0.29) is 23.8 Å². The lowest BCUT2D eigenvalue weighted by atomic mass is 10.4. The molecule has 1 aromatic carbocycles. The van der Waals surface area contributed by atoms with Crippen molar-refractivity contribution in [3.63, 3.8) is 0 Å². The molecule has 1 aromatic rings. The van der Waals surface area contributed by atoms with Crippen LogP contribution in [0, 0.1) is 0 Å². The molecule has 0 saturated heterocycles. The highest BCUT2D eigenvalue weighted by molar-refractivity contribution is 7.89. The summed E-state index contributed by atoms with van der Waals surface area (Å²) >= 11 is 5.70. The van der Waals surface area contributed by atoms with Crippen molar-refractivity contribution in [3.8, 4) is 0 Å². The lowest BCUT2D eigenvalue weighted by Gasteiger charge is -2.16. The van der Waals surface area contributed by atoms with E-state index < -0.39 is 15.9 Å². The van der Waals surface area contributed by atoms with Crippen LogP contribution in [0.3, 0.4) is 0 Å². The zero-order chi connectivity index (χ0) is 14.5. The molecular weight excluding hydrogens is 325 g/mol. The number of nitrogens with zero attached hydrogens (tertiary/aromatic N) is 1. The first kappa shape index (κ1) is 19.1. The molecular formula is C11H17Cl2N3O3S. The predicted molar refractivity (Wildman–Crippen MR) is 80.6 cm³/mol. The smallest absolute Gasteiger partial charge is 0.243 e. The largest absolute Gasteiger partial charge is 0.354 e. The number of carbonyl (C=O) groups is 1. The Labute approximate surface area is 129 Å². The Morgan fingerprint density at radius 3 is 2.40 bits per heavy atom. The molecule has 3 N–H and O–H groups in total. The van der Waals surface area contributed by atoms with Gasteiger partial charge in [-0.3, -0.25) is 4.79 Å². The summed E-state index contributed by atoms with van der Waals surface area (Å²) in [6.45, 7) is 0.359. The van der Waals surface area contributed by atoms with E-state index in [9.17, 15) is 13.2 Å². The monoisotopic (exact) mass is 341 g/mol. The molecule has 0 bridgehead atoms. The third kappa shape index (κ3) is 5.26. The number of nitrogens with one attached hydrogen (secondary N) is 1. The molecule has 0 saturated carbocycles. The van der Waals surface area contributed by atoms with Gasteiger partial charge in [-0.15, -0.1) is 12.4 Å². The van der Waals surface area contributed by atoms with E-state index in [1.165, 1.54) is 31.3 Å². The second-order valence-corrected chi connectivity index (χ2v) is 6.33. The molecule has 6 nitrogen and oxygen atoms in total. The molecule has 114 valence electrons. The number of nitrogens with two attached hydrogens (primary N) is 1. The number of hydrogen-bond donors (Lipinski definition) is 2. The summed E-state index contributed by atoms with van der Waals surface area (Å²) in [5, 5.41) is 2.95. The van der Waals surface area contributed by atoms with E-state index in [2.05, 4.69) is 5.32 Å². The third-order valence-electron chi connectivity index (χ3n) is 2.35.